The summed E-state index contributed by atoms with van der Waals surface area (Å²) < 4.78 is 6.98. The fourth-order valence-electron chi connectivity index (χ4n) is 3.92. The molecule has 2 aliphatic heterocycles. The molecule has 0 radical (unpaired) electrons. The van der Waals surface area contributed by atoms with Gasteiger partial charge in [-0.1, -0.05) is 23.4 Å². The Kier molecular flexibility index (Phi) is 5.99. The van der Waals surface area contributed by atoms with Gasteiger partial charge in [0.2, 0.25) is 0 Å². The van der Waals surface area contributed by atoms with Crippen molar-refractivity contribution in [1.82, 2.24) is 24.8 Å². The second kappa shape index (κ2) is 8.81. The molecule has 1 unspecified atom stereocenters. The zero-order valence-corrected chi connectivity index (χ0v) is 16.0. The number of carbonyl (C=O) groups excluding carboxylic acids is 1. The Labute approximate surface area is 164 Å². The van der Waals surface area contributed by atoms with Crippen LogP contribution in [0.15, 0.2) is 36.5 Å². The van der Waals surface area contributed by atoms with Crippen LogP contribution in [-0.4, -0.2) is 87.8 Å². The number of aromatic nitrogens is 3. The molecule has 8 nitrogen and oxygen atoms in total. The van der Waals surface area contributed by atoms with Crippen LogP contribution in [0.25, 0.3) is 5.69 Å². The summed E-state index contributed by atoms with van der Waals surface area (Å²) in [6.07, 6.45) is 2.94. The van der Waals surface area contributed by atoms with Gasteiger partial charge in [0.15, 0.2) is 5.69 Å². The molecule has 0 saturated carbocycles. The summed E-state index contributed by atoms with van der Waals surface area (Å²) in [5.41, 5.74) is 1.23. The normalized spacial score (nSPS) is 20.2. The van der Waals surface area contributed by atoms with E-state index in [2.05, 4.69) is 15.2 Å². The third-order valence-electron chi connectivity index (χ3n) is 5.65. The van der Waals surface area contributed by atoms with Gasteiger partial charge < -0.3 is 14.7 Å². The summed E-state index contributed by atoms with van der Waals surface area (Å²) in [5.74, 6) is 0.134. The Morgan fingerprint density at radius 1 is 1.14 bits per heavy atom. The lowest BCUT2D eigenvalue weighted by Crippen LogP contribution is -2.46. The first-order valence-electron chi connectivity index (χ1n) is 9.96. The van der Waals surface area contributed by atoms with Crippen LogP contribution in [0.2, 0.25) is 0 Å². The predicted octanol–water partition coefficient (Wildman–Crippen LogP) is 0.813. The summed E-state index contributed by atoms with van der Waals surface area (Å²) in [4.78, 5) is 16.8. The predicted molar refractivity (Wildman–Crippen MR) is 103 cm³/mol. The number of carbonyl (C=O) groups is 1. The van der Waals surface area contributed by atoms with Gasteiger partial charge in [0, 0.05) is 32.7 Å². The number of benzene rings is 1. The van der Waals surface area contributed by atoms with Crippen LogP contribution in [0.4, 0.5) is 0 Å². The number of β-amino-alcohol motifs (C(OH)–C–C–N with tert-alkyl or cyclic N) is 1. The molecule has 0 spiro atoms. The van der Waals surface area contributed by atoms with Gasteiger partial charge in [-0.05, 0) is 30.9 Å². The molecule has 0 bridgehead atoms. The van der Waals surface area contributed by atoms with Crippen LogP contribution in [0.3, 0.4) is 0 Å². The first-order valence-corrected chi connectivity index (χ1v) is 9.96. The highest BCUT2D eigenvalue weighted by atomic mass is 16.5. The van der Waals surface area contributed by atoms with Crippen molar-refractivity contribution in [3.05, 3.63) is 42.2 Å². The molecule has 4 rings (SSSR count). The van der Waals surface area contributed by atoms with Crippen molar-refractivity contribution in [2.45, 2.75) is 18.9 Å². The molecule has 0 aliphatic carbocycles. The molecule has 2 aliphatic rings. The van der Waals surface area contributed by atoms with Gasteiger partial charge in [-0.25, -0.2) is 4.68 Å². The lowest BCUT2D eigenvalue weighted by atomic mass is 9.90. The Morgan fingerprint density at radius 2 is 1.86 bits per heavy atom. The number of aliphatic hydroxyl groups excluding tert-OH is 1. The maximum Gasteiger partial charge on any atom is 0.276 e. The van der Waals surface area contributed by atoms with Gasteiger partial charge in [-0.2, -0.15) is 0 Å². The van der Waals surface area contributed by atoms with E-state index in [9.17, 15) is 9.90 Å². The summed E-state index contributed by atoms with van der Waals surface area (Å²) in [7, 11) is 0. The Hall–Kier alpha value is -2.29. The number of morpholine rings is 1. The van der Waals surface area contributed by atoms with Gasteiger partial charge in [-0.3, -0.25) is 9.69 Å². The fourth-order valence-corrected chi connectivity index (χ4v) is 3.92. The molecule has 3 heterocycles. The van der Waals surface area contributed by atoms with Crippen LogP contribution in [-0.2, 0) is 4.74 Å². The highest BCUT2D eigenvalue weighted by molar-refractivity contribution is 5.92. The molecule has 2 aromatic rings. The lowest BCUT2D eigenvalue weighted by molar-refractivity contribution is -0.00903. The molecule has 1 N–H and O–H groups in total. The average Bonchev–Trinajstić information content (AvgIpc) is 3.25. The van der Waals surface area contributed by atoms with Crippen molar-refractivity contribution in [2.24, 2.45) is 5.92 Å². The SMILES string of the molecule is O=C(c1cn(-c2ccccc2)nn1)N1CCC(C(O)CN2CCOCC2)CC1. The zero-order valence-electron chi connectivity index (χ0n) is 16.0. The minimum atomic E-state index is -0.352. The Balaban J connectivity index is 1.30. The van der Waals surface area contributed by atoms with Gasteiger partial charge in [0.25, 0.3) is 5.91 Å². The highest BCUT2D eigenvalue weighted by Crippen LogP contribution is 2.23. The second-order valence-electron chi connectivity index (χ2n) is 7.49. The minimum absolute atomic E-state index is 0.0942. The van der Waals surface area contributed by atoms with E-state index in [4.69, 9.17) is 4.74 Å². The van der Waals surface area contributed by atoms with Gasteiger partial charge in [0.05, 0.1) is 31.2 Å². The van der Waals surface area contributed by atoms with Crippen molar-refractivity contribution < 1.29 is 14.6 Å². The van der Waals surface area contributed by atoms with Gasteiger partial charge in [0.1, 0.15) is 0 Å². The second-order valence-corrected chi connectivity index (χ2v) is 7.49. The van der Waals surface area contributed by atoms with Crippen LogP contribution in [0.1, 0.15) is 23.3 Å². The van der Waals surface area contributed by atoms with Crippen molar-refractivity contribution in [1.29, 1.82) is 0 Å². The summed E-state index contributed by atoms with van der Waals surface area (Å²) in [6, 6.07) is 9.62. The third-order valence-corrected chi connectivity index (χ3v) is 5.65. The summed E-state index contributed by atoms with van der Waals surface area (Å²) >= 11 is 0. The Bertz CT molecular complexity index is 767. The van der Waals surface area contributed by atoms with Crippen LogP contribution < -0.4 is 0 Å². The summed E-state index contributed by atoms with van der Waals surface area (Å²) in [6.45, 7) is 5.21. The molecule has 1 aromatic heterocycles. The summed E-state index contributed by atoms with van der Waals surface area (Å²) in [5, 5.41) is 18.7. The lowest BCUT2D eigenvalue weighted by Gasteiger charge is -2.36. The zero-order chi connectivity index (χ0) is 19.3. The van der Waals surface area contributed by atoms with Crippen molar-refractivity contribution in [3.63, 3.8) is 0 Å². The maximum atomic E-state index is 12.8. The van der Waals surface area contributed by atoms with E-state index >= 15 is 0 Å². The van der Waals surface area contributed by atoms with E-state index < -0.39 is 0 Å². The van der Waals surface area contributed by atoms with Crippen LogP contribution >= 0.6 is 0 Å². The number of nitrogens with zero attached hydrogens (tertiary/aromatic N) is 5. The maximum absolute atomic E-state index is 12.8. The Morgan fingerprint density at radius 3 is 2.57 bits per heavy atom. The van der Waals surface area contributed by atoms with E-state index in [1.54, 1.807) is 10.9 Å². The van der Waals surface area contributed by atoms with Crippen LogP contribution in [0, 0.1) is 5.92 Å². The number of para-hydroxylation sites is 1. The largest absolute Gasteiger partial charge is 0.392 e. The van der Waals surface area contributed by atoms with E-state index in [0.717, 1.165) is 44.8 Å². The molecule has 2 fully saturated rings. The number of hydrogen-bond acceptors (Lipinski definition) is 6. The van der Waals surface area contributed by atoms with Crippen molar-refractivity contribution in [2.75, 3.05) is 45.9 Å². The van der Waals surface area contributed by atoms with Crippen molar-refractivity contribution >= 4 is 5.91 Å². The molecule has 28 heavy (non-hydrogen) atoms. The van der Waals surface area contributed by atoms with E-state index in [1.807, 2.05) is 35.2 Å². The van der Waals surface area contributed by atoms with Gasteiger partial charge >= 0.3 is 0 Å². The number of rotatable bonds is 5. The van der Waals surface area contributed by atoms with E-state index in [-0.39, 0.29) is 17.9 Å². The minimum Gasteiger partial charge on any atom is -0.392 e. The number of ether oxygens (including phenoxy) is 1. The van der Waals surface area contributed by atoms with Crippen molar-refractivity contribution in [3.8, 4) is 5.69 Å². The first kappa shape index (κ1) is 19.0. The monoisotopic (exact) mass is 385 g/mol. The molecular formula is C20H27N5O3. The molecule has 150 valence electrons. The highest BCUT2D eigenvalue weighted by Gasteiger charge is 2.30. The molecule has 1 atom stereocenters. The molecule has 8 heteroatoms. The first-order chi connectivity index (χ1) is 13.7. The number of piperidine rings is 1. The average molecular weight is 385 g/mol. The number of aliphatic hydroxyl groups is 1. The smallest absolute Gasteiger partial charge is 0.276 e. The molecule has 2 saturated heterocycles. The fraction of sp³-hybridized carbons (Fsp3) is 0.550. The van der Waals surface area contributed by atoms with Gasteiger partial charge in [-0.15, -0.1) is 5.10 Å². The van der Waals surface area contributed by atoms with E-state index in [1.165, 1.54) is 0 Å². The quantitative estimate of drug-likeness (QED) is 0.820. The van der Waals surface area contributed by atoms with E-state index in [0.29, 0.717) is 25.3 Å². The topological polar surface area (TPSA) is 83.7 Å². The van der Waals surface area contributed by atoms with Crippen LogP contribution in [0.5, 0.6) is 0 Å². The number of hydrogen-bond donors (Lipinski definition) is 1. The standard InChI is InChI=1S/C20H27N5O3/c26-19(15-23-10-12-28-13-11-23)16-6-8-24(9-7-16)20(27)18-14-25(22-21-18)17-4-2-1-3-5-17/h1-5,14,16,19,26H,6-13,15H2. The number of likely N-dealkylation sites (tertiary alicyclic amines) is 1. The molecule has 1 aromatic carbocycles. The third kappa shape index (κ3) is 4.40. The molecule has 1 amide bonds. The molecular weight excluding hydrogens is 358 g/mol. The number of amides is 1.